The average molecular weight is 181 g/mol. The summed E-state index contributed by atoms with van der Waals surface area (Å²) in [5.41, 5.74) is 0. The maximum Gasteiger partial charge on any atom is 0.243 e. The molecule has 1 unspecified atom stereocenters. The van der Waals surface area contributed by atoms with Gasteiger partial charge in [0.25, 0.3) is 0 Å². The summed E-state index contributed by atoms with van der Waals surface area (Å²) in [6.07, 6.45) is 1.28. The highest BCUT2D eigenvalue weighted by molar-refractivity contribution is 7.10. The first-order valence-corrected chi connectivity index (χ1v) is 4.58. The molecule has 1 rings (SSSR count). The van der Waals surface area contributed by atoms with Crippen molar-refractivity contribution in [2.45, 2.75) is 13.0 Å². The third kappa shape index (κ3) is 2.20. The molecule has 0 radical (unpaired) electrons. The Labute approximate surface area is 75.9 Å². The van der Waals surface area contributed by atoms with Gasteiger partial charge in [-0.15, -0.1) is 11.3 Å². The fourth-order valence-electron chi connectivity index (χ4n) is 0.881. The molecular formula is C9H11NOS. The second-order valence-corrected chi connectivity index (χ2v) is 3.43. The molecule has 0 saturated carbocycles. The highest BCUT2D eigenvalue weighted by Crippen LogP contribution is 2.17. The second kappa shape index (κ2) is 4.07. The Kier molecular flexibility index (Phi) is 3.05. The molecule has 0 aliphatic heterocycles. The number of hydrogen-bond acceptors (Lipinski definition) is 2. The monoisotopic (exact) mass is 181 g/mol. The normalized spacial score (nSPS) is 12.1. The summed E-state index contributed by atoms with van der Waals surface area (Å²) < 4.78 is 0. The minimum Gasteiger partial charge on any atom is -0.345 e. The molecule has 12 heavy (non-hydrogen) atoms. The van der Waals surface area contributed by atoms with Crippen LogP contribution in [0.25, 0.3) is 0 Å². The van der Waals surface area contributed by atoms with Crippen molar-refractivity contribution in [2.75, 3.05) is 0 Å². The minimum absolute atomic E-state index is 0.0792. The topological polar surface area (TPSA) is 29.1 Å². The molecule has 1 aromatic heterocycles. The van der Waals surface area contributed by atoms with Crippen molar-refractivity contribution in [1.29, 1.82) is 0 Å². The first-order valence-electron chi connectivity index (χ1n) is 3.70. The SMILES string of the molecule is C=CC(=O)NC(C)c1cccs1. The van der Waals surface area contributed by atoms with E-state index in [1.165, 1.54) is 6.08 Å². The van der Waals surface area contributed by atoms with Crippen LogP contribution in [0.5, 0.6) is 0 Å². The maximum atomic E-state index is 10.9. The van der Waals surface area contributed by atoms with Crippen molar-refractivity contribution >= 4 is 17.2 Å². The molecule has 2 nitrogen and oxygen atoms in total. The van der Waals surface area contributed by atoms with Crippen LogP contribution in [-0.4, -0.2) is 5.91 Å². The van der Waals surface area contributed by atoms with Gasteiger partial charge in [-0.05, 0) is 24.4 Å². The van der Waals surface area contributed by atoms with Crippen LogP contribution in [0.4, 0.5) is 0 Å². The molecule has 1 heterocycles. The van der Waals surface area contributed by atoms with Gasteiger partial charge in [0.1, 0.15) is 0 Å². The Morgan fingerprint density at radius 3 is 3.08 bits per heavy atom. The fraction of sp³-hybridized carbons (Fsp3) is 0.222. The lowest BCUT2D eigenvalue weighted by Crippen LogP contribution is -2.23. The van der Waals surface area contributed by atoms with Crippen molar-refractivity contribution in [1.82, 2.24) is 5.32 Å². The highest BCUT2D eigenvalue weighted by atomic mass is 32.1. The van der Waals surface area contributed by atoms with Gasteiger partial charge in [0.05, 0.1) is 6.04 Å². The number of amides is 1. The Hall–Kier alpha value is -1.09. The Balaban J connectivity index is 2.55. The third-order valence-electron chi connectivity index (χ3n) is 1.51. The van der Waals surface area contributed by atoms with Crippen molar-refractivity contribution < 1.29 is 4.79 Å². The zero-order chi connectivity index (χ0) is 8.97. The van der Waals surface area contributed by atoms with Gasteiger partial charge in [-0.1, -0.05) is 12.6 Å². The first-order chi connectivity index (χ1) is 5.74. The Morgan fingerprint density at radius 1 is 1.83 bits per heavy atom. The lowest BCUT2D eigenvalue weighted by Gasteiger charge is -2.09. The lowest BCUT2D eigenvalue weighted by atomic mass is 10.3. The van der Waals surface area contributed by atoms with Crippen LogP contribution >= 0.6 is 11.3 Å². The number of carbonyl (C=O) groups excluding carboxylic acids is 1. The molecule has 0 saturated heterocycles. The van der Waals surface area contributed by atoms with E-state index in [0.29, 0.717) is 0 Å². The van der Waals surface area contributed by atoms with E-state index in [1.807, 2.05) is 24.4 Å². The molecule has 1 aromatic rings. The Morgan fingerprint density at radius 2 is 2.58 bits per heavy atom. The molecule has 1 N–H and O–H groups in total. The smallest absolute Gasteiger partial charge is 0.243 e. The quantitative estimate of drug-likeness (QED) is 0.711. The van der Waals surface area contributed by atoms with Crippen LogP contribution < -0.4 is 5.32 Å². The highest BCUT2D eigenvalue weighted by Gasteiger charge is 2.06. The zero-order valence-corrected chi connectivity index (χ0v) is 7.73. The van der Waals surface area contributed by atoms with E-state index in [0.717, 1.165) is 4.88 Å². The predicted octanol–water partition coefficient (Wildman–Crippen LogP) is 2.11. The van der Waals surface area contributed by atoms with Crippen molar-refractivity contribution in [3.05, 3.63) is 35.0 Å². The van der Waals surface area contributed by atoms with Gasteiger partial charge in [0.2, 0.25) is 5.91 Å². The van der Waals surface area contributed by atoms with E-state index in [4.69, 9.17) is 0 Å². The number of nitrogens with one attached hydrogen (secondary N) is 1. The third-order valence-corrected chi connectivity index (χ3v) is 2.57. The van der Waals surface area contributed by atoms with Crippen molar-refractivity contribution in [2.24, 2.45) is 0 Å². The predicted molar refractivity (Wildman–Crippen MR) is 51.1 cm³/mol. The number of carbonyl (C=O) groups is 1. The van der Waals surface area contributed by atoms with Gasteiger partial charge >= 0.3 is 0 Å². The fourth-order valence-corrected chi connectivity index (χ4v) is 1.62. The number of hydrogen-bond donors (Lipinski definition) is 1. The molecule has 1 amide bonds. The van der Waals surface area contributed by atoms with Crippen LogP contribution in [0.15, 0.2) is 30.2 Å². The van der Waals surface area contributed by atoms with Gasteiger partial charge < -0.3 is 5.32 Å². The van der Waals surface area contributed by atoms with E-state index in [-0.39, 0.29) is 11.9 Å². The summed E-state index contributed by atoms with van der Waals surface area (Å²) in [5.74, 6) is -0.129. The van der Waals surface area contributed by atoms with Crippen LogP contribution in [0, 0.1) is 0 Å². The standard InChI is InChI=1S/C9H11NOS/c1-3-9(11)10-7(2)8-5-4-6-12-8/h3-7H,1H2,2H3,(H,10,11). The molecule has 0 aliphatic carbocycles. The lowest BCUT2D eigenvalue weighted by molar-refractivity contribution is -0.117. The largest absolute Gasteiger partial charge is 0.345 e. The van der Waals surface area contributed by atoms with Gasteiger partial charge in [-0.25, -0.2) is 0 Å². The molecule has 0 bridgehead atoms. The van der Waals surface area contributed by atoms with Crippen LogP contribution in [-0.2, 0) is 4.79 Å². The second-order valence-electron chi connectivity index (χ2n) is 2.45. The molecule has 0 aliphatic rings. The molecule has 1 atom stereocenters. The summed E-state index contributed by atoms with van der Waals surface area (Å²) in [6.45, 7) is 5.34. The van der Waals surface area contributed by atoms with Crippen LogP contribution in [0.3, 0.4) is 0 Å². The molecule has 3 heteroatoms. The van der Waals surface area contributed by atoms with Gasteiger partial charge in [0, 0.05) is 4.88 Å². The average Bonchev–Trinajstić information content (AvgIpc) is 2.56. The Bertz CT molecular complexity index is 266. The van der Waals surface area contributed by atoms with Crippen molar-refractivity contribution in [3.63, 3.8) is 0 Å². The van der Waals surface area contributed by atoms with Gasteiger partial charge in [0.15, 0.2) is 0 Å². The van der Waals surface area contributed by atoms with Crippen LogP contribution in [0.2, 0.25) is 0 Å². The maximum absolute atomic E-state index is 10.9. The number of thiophene rings is 1. The van der Waals surface area contributed by atoms with Crippen LogP contribution in [0.1, 0.15) is 17.8 Å². The van der Waals surface area contributed by atoms with E-state index >= 15 is 0 Å². The zero-order valence-electron chi connectivity index (χ0n) is 6.91. The van der Waals surface area contributed by atoms with Gasteiger partial charge in [-0.3, -0.25) is 4.79 Å². The van der Waals surface area contributed by atoms with E-state index in [2.05, 4.69) is 11.9 Å². The minimum atomic E-state index is -0.129. The van der Waals surface area contributed by atoms with E-state index in [1.54, 1.807) is 11.3 Å². The molecular weight excluding hydrogens is 170 g/mol. The summed E-state index contributed by atoms with van der Waals surface area (Å²) in [4.78, 5) is 12.1. The van der Waals surface area contributed by atoms with E-state index < -0.39 is 0 Å². The molecule has 0 spiro atoms. The number of rotatable bonds is 3. The van der Waals surface area contributed by atoms with Crippen molar-refractivity contribution in [3.8, 4) is 0 Å². The molecule has 0 aromatic carbocycles. The summed E-state index contributed by atoms with van der Waals surface area (Å²) in [5, 5.41) is 4.78. The van der Waals surface area contributed by atoms with E-state index in [9.17, 15) is 4.79 Å². The molecule has 0 fully saturated rings. The molecule has 64 valence electrons. The van der Waals surface area contributed by atoms with Gasteiger partial charge in [-0.2, -0.15) is 0 Å². The summed E-state index contributed by atoms with van der Waals surface area (Å²) in [7, 11) is 0. The first kappa shape index (κ1) is 9.00. The summed E-state index contributed by atoms with van der Waals surface area (Å²) >= 11 is 1.63. The summed E-state index contributed by atoms with van der Waals surface area (Å²) in [6, 6.07) is 4.05.